The molecular formula is C15H20N2O6. The van der Waals surface area contributed by atoms with Gasteiger partial charge in [-0.05, 0) is 24.3 Å². The van der Waals surface area contributed by atoms with Crippen LogP contribution in [0.4, 0.5) is 0 Å². The van der Waals surface area contributed by atoms with E-state index in [0.29, 0.717) is 11.5 Å². The molecule has 0 aliphatic rings. The Balaban J connectivity index is 2.27. The molecule has 0 aliphatic carbocycles. The molecule has 1 rings (SSSR count). The molecule has 0 heterocycles. The zero-order valence-corrected chi connectivity index (χ0v) is 13.1. The summed E-state index contributed by atoms with van der Waals surface area (Å²) < 4.78 is 10.3. The second-order valence-electron chi connectivity index (χ2n) is 4.70. The van der Waals surface area contributed by atoms with Crippen LogP contribution in [-0.2, 0) is 14.4 Å². The van der Waals surface area contributed by atoms with Crippen molar-refractivity contribution in [2.75, 3.05) is 33.9 Å². The average Bonchev–Trinajstić information content (AvgIpc) is 2.55. The van der Waals surface area contributed by atoms with E-state index in [0.717, 1.165) is 0 Å². The zero-order valence-electron chi connectivity index (χ0n) is 13.1. The molecule has 23 heavy (non-hydrogen) atoms. The standard InChI is InChI=1S/C15H20N2O6/c1-17(8-7-15(20)21)14(19)9-16-13(18)10-23-12-5-3-11(22-2)4-6-12/h3-6H,7-10H2,1-2H3,(H,16,18)(H,20,21). The highest BCUT2D eigenvalue weighted by Crippen LogP contribution is 2.16. The molecule has 1 aromatic carbocycles. The lowest BCUT2D eigenvalue weighted by molar-refractivity contribution is -0.138. The highest BCUT2D eigenvalue weighted by Gasteiger charge is 2.12. The largest absolute Gasteiger partial charge is 0.497 e. The Morgan fingerprint density at radius 1 is 1.17 bits per heavy atom. The van der Waals surface area contributed by atoms with E-state index in [4.69, 9.17) is 14.6 Å². The lowest BCUT2D eigenvalue weighted by atomic mass is 10.3. The Bertz CT molecular complexity index is 543. The molecule has 0 spiro atoms. The number of nitrogens with zero attached hydrogens (tertiary/aromatic N) is 1. The van der Waals surface area contributed by atoms with Crippen LogP contribution in [0.15, 0.2) is 24.3 Å². The van der Waals surface area contributed by atoms with Gasteiger partial charge in [-0.1, -0.05) is 0 Å². The van der Waals surface area contributed by atoms with Gasteiger partial charge in [-0.25, -0.2) is 0 Å². The van der Waals surface area contributed by atoms with E-state index in [2.05, 4.69) is 5.32 Å². The van der Waals surface area contributed by atoms with Gasteiger partial charge < -0.3 is 24.8 Å². The van der Waals surface area contributed by atoms with E-state index >= 15 is 0 Å². The van der Waals surface area contributed by atoms with Gasteiger partial charge in [0.25, 0.3) is 5.91 Å². The number of hydrogen-bond donors (Lipinski definition) is 2. The average molecular weight is 324 g/mol. The number of rotatable bonds is 9. The predicted molar refractivity (Wildman–Crippen MR) is 81.4 cm³/mol. The third-order valence-corrected chi connectivity index (χ3v) is 2.95. The van der Waals surface area contributed by atoms with Crippen LogP contribution in [-0.4, -0.2) is 61.6 Å². The molecule has 2 amide bonds. The molecule has 0 saturated heterocycles. The minimum absolute atomic E-state index is 0.0897. The molecule has 2 N–H and O–H groups in total. The predicted octanol–water partition coefficient (Wildman–Crippen LogP) is 0.123. The molecule has 0 aromatic heterocycles. The molecule has 0 saturated carbocycles. The molecule has 0 fully saturated rings. The normalized spacial score (nSPS) is 9.83. The molecule has 0 aliphatic heterocycles. The monoisotopic (exact) mass is 324 g/mol. The molecule has 0 atom stereocenters. The van der Waals surface area contributed by atoms with E-state index in [-0.39, 0.29) is 32.0 Å². The molecule has 8 heteroatoms. The van der Waals surface area contributed by atoms with Crippen molar-refractivity contribution in [1.82, 2.24) is 10.2 Å². The highest BCUT2D eigenvalue weighted by molar-refractivity contribution is 5.85. The third kappa shape index (κ3) is 7.16. The van der Waals surface area contributed by atoms with Gasteiger partial charge in [0.15, 0.2) is 6.61 Å². The van der Waals surface area contributed by atoms with Crippen LogP contribution in [0.25, 0.3) is 0 Å². The molecule has 1 aromatic rings. The second-order valence-corrected chi connectivity index (χ2v) is 4.70. The molecule has 0 unspecified atom stereocenters. The van der Waals surface area contributed by atoms with Gasteiger partial charge in [0.1, 0.15) is 11.5 Å². The highest BCUT2D eigenvalue weighted by atomic mass is 16.5. The van der Waals surface area contributed by atoms with E-state index < -0.39 is 11.9 Å². The summed E-state index contributed by atoms with van der Waals surface area (Å²) in [6.45, 7) is -0.342. The smallest absolute Gasteiger partial charge is 0.305 e. The second kappa shape index (κ2) is 9.29. The lowest BCUT2D eigenvalue weighted by Gasteiger charge is -2.16. The summed E-state index contributed by atoms with van der Waals surface area (Å²) in [5.74, 6) is -0.617. The number of likely N-dealkylation sites (N-methyl/N-ethyl adjacent to an activating group) is 1. The summed E-state index contributed by atoms with van der Waals surface area (Å²) in [4.78, 5) is 34.9. The van der Waals surface area contributed by atoms with Crippen molar-refractivity contribution in [1.29, 1.82) is 0 Å². The van der Waals surface area contributed by atoms with E-state index in [1.54, 1.807) is 31.4 Å². The Kier molecular flexibility index (Phi) is 7.38. The van der Waals surface area contributed by atoms with Crippen molar-refractivity contribution >= 4 is 17.8 Å². The molecule has 0 bridgehead atoms. The first kappa shape index (κ1) is 18.3. The summed E-state index contributed by atoms with van der Waals surface area (Å²) in [6.07, 6.45) is -0.142. The van der Waals surface area contributed by atoms with Gasteiger partial charge >= 0.3 is 5.97 Å². The van der Waals surface area contributed by atoms with Gasteiger partial charge in [0.05, 0.1) is 20.1 Å². The number of aliphatic carboxylic acids is 1. The van der Waals surface area contributed by atoms with E-state index in [1.807, 2.05) is 0 Å². The number of carboxylic acid groups (broad SMARTS) is 1. The maximum atomic E-state index is 11.7. The number of benzene rings is 1. The first-order chi connectivity index (χ1) is 10.9. The number of amides is 2. The summed E-state index contributed by atoms with van der Waals surface area (Å²) in [5, 5.41) is 11.0. The first-order valence-corrected chi connectivity index (χ1v) is 6.91. The van der Waals surface area contributed by atoms with Crippen LogP contribution in [0.3, 0.4) is 0 Å². The first-order valence-electron chi connectivity index (χ1n) is 6.91. The Morgan fingerprint density at radius 2 is 1.78 bits per heavy atom. The van der Waals surface area contributed by atoms with Gasteiger partial charge in [0, 0.05) is 13.6 Å². The Labute approximate surface area is 134 Å². The SMILES string of the molecule is COc1ccc(OCC(=O)NCC(=O)N(C)CCC(=O)O)cc1. The number of ether oxygens (including phenoxy) is 2. The number of methoxy groups -OCH3 is 1. The fourth-order valence-corrected chi connectivity index (χ4v) is 1.57. The summed E-state index contributed by atoms with van der Waals surface area (Å²) >= 11 is 0. The van der Waals surface area contributed by atoms with Crippen LogP contribution in [0.1, 0.15) is 6.42 Å². The maximum absolute atomic E-state index is 11.7. The fourth-order valence-electron chi connectivity index (χ4n) is 1.57. The topological polar surface area (TPSA) is 105 Å². The van der Waals surface area contributed by atoms with Crippen LogP contribution in [0, 0.1) is 0 Å². The van der Waals surface area contributed by atoms with E-state index in [1.165, 1.54) is 11.9 Å². The zero-order chi connectivity index (χ0) is 17.2. The van der Waals surface area contributed by atoms with Gasteiger partial charge in [0.2, 0.25) is 5.91 Å². The molecular weight excluding hydrogens is 304 g/mol. The number of hydrogen-bond acceptors (Lipinski definition) is 5. The van der Waals surface area contributed by atoms with Crippen molar-refractivity contribution in [3.05, 3.63) is 24.3 Å². The van der Waals surface area contributed by atoms with Gasteiger partial charge in [-0.2, -0.15) is 0 Å². The van der Waals surface area contributed by atoms with Gasteiger partial charge in [-0.15, -0.1) is 0 Å². The Morgan fingerprint density at radius 3 is 2.35 bits per heavy atom. The van der Waals surface area contributed by atoms with Crippen LogP contribution < -0.4 is 14.8 Å². The quantitative estimate of drug-likeness (QED) is 0.668. The maximum Gasteiger partial charge on any atom is 0.305 e. The molecule has 0 radical (unpaired) electrons. The van der Waals surface area contributed by atoms with Crippen molar-refractivity contribution in [2.45, 2.75) is 6.42 Å². The number of carbonyl (C=O) groups is 3. The van der Waals surface area contributed by atoms with Crippen molar-refractivity contribution in [3.8, 4) is 11.5 Å². The Hall–Kier alpha value is -2.77. The number of nitrogens with one attached hydrogen (secondary N) is 1. The van der Waals surface area contributed by atoms with Crippen LogP contribution in [0.2, 0.25) is 0 Å². The van der Waals surface area contributed by atoms with E-state index in [9.17, 15) is 14.4 Å². The third-order valence-electron chi connectivity index (χ3n) is 2.95. The summed E-state index contributed by atoms with van der Waals surface area (Å²) in [6, 6.07) is 6.73. The minimum atomic E-state index is -0.985. The fraction of sp³-hybridized carbons (Fsp3) is 0.400. The number of carbonyl (C=O) groups excluding carboxylic acids is 2. The van der Waals surface area contributed by atoms with Crippen molar-refractivity contribution in [2.24, 2.45) is 0 Å². The summed E-state index contributed by atoms with van der Waals surface area (Å²) in [5.41, 5.74) is 0. The minimum Gasteiger partial charge on any atom is -0.497 e. The molecule has 8 nitrogen and oxygen atoms in total. The van der Waals surface area contributed by atoms with Crippen molar-refractivity contribution < 1.29 is 29.0 Å². The van der Waals surface area contributed by atoms with Gasteiger partial charge in [-0.3, -0.25) is 14.4 Å². The van der Waals surface area contributed by atoms with Crippen LogP contribution in [0.5, 0.6) is 11.5 Å². The number of carboxylic acids is 1. The van der Waals surface area contributed by atoms with Crippen LogP contribution >= 0.6 is 0 Å². The van der Waals surface area contributed by atoms with Crippen molar-refractivity contribution in [3.63, 3.8) is 0 Å². The lowest BCUT2D eigenvalue weighted by Crippen LogP contribution is -2.40. The summed E-state index contributed by atoms with van der Waals surface area (Å²) in [7, 11) is 3.03. The molecule has 126 valence electrons.